The molecule has 1 aromatic rings. The SMILES string of the molecule is CCOC(=O)/C=C1/C(=O)N(CC(C)(C)C)c2ccccc21. The van der Waals surface area contributed by atoms with Crippen LogP contribution in [0.1, 0.15) is 33.3 Å². The standard InChI is InChI=1S/C17H21NO3/c1-5-21-15(19)10-13-12-8-6-7-9-14(12)18(16(13)20)11-17(2,3)4/h6-10H,5,11H2,1-4H3/b13-10+. The third kappa shape index (κ3) is 3.32. The number of amides is 1. The van der Waals surface area contributed by atoms with Gasteiger partial charge >= 0.3 is 5.97 Å². The van der Waals surface area contributed by atoms with Crippen molar-refractivity contribution in [1.82, 2.24) is 0 Å². The van der Waals surface area contributed by atoms with Gasteiger partial charge in [-0.05, 0) is 18.4 Å². The van der Waals surface area contributed by atoms with Gasteiger partial charge in [0.15, 0.2) is 0 Å². The average molecular weight is 287 g/mol. The topological polar surface area (TPSA) is 46.6 Å². The molecule has 0 fully saturated rings. The van der Waals surface area contributed by atoms with Crippen LogP contribution in [0, 0.1) is 5.41 Å². The van der Waals surface area contributed by atoms with Crippen LogP contribution in [0.3, 0.4) is 0 Å². The molecule has 4 heteroatoms. The van der Waals surface area contributed by atoms with Crippen LogP contribution < -0.4 is 4.90 Å². The molecule has 1 aliphatic rings. The van der Waals surface area contributed by atoms with Gasteiger partial charge in [-0.3, -0.25) is 4.79 Å². The van der Waals surface area contributed by atoms with Gasteiger partial charge in [-0.2, -0.15) is 0 Å². The highest BCUT2D eigenvalue weighted by atomic mass is 16.5. The molecule has 1 heterocycles. The maximum atomic E-state index is 12.6. The Morgan fingerprint density at radius 1 is 1.29 bits per heavy atom. The summed E-state index contributed by atoms with van der Waals surface area (Å²) in [4.78, 5) is 26.0. The van der Waals surface area contributed by atoms with Crippen LogP contribution in [-0.2, 0) is 14.3 Å². The maximum Gasteiger partial charge on any atom is 0.331 e. The summed E-state index contributed by atoms with van der Waals surface area (Å²) < 4.78 is 4.92. The Kier molecular flexibility index (Phi) is 4.16. The van der Waals surface area contributed by atoms with Crippen molar-refractivity contribution in [2.75, 3.05) is 18.1 Å². The summed E-state index contributed by atoms with van der Waals surface area (Å²) >= 11 is 0. The highest BCUT2D eigenvalue weighted by Gasteiger charge is 2.34. The molecule has 0 saturated heterocycles. The van der Waals surface area contributed by atoms with Crippen LogP contribution in [0.5, 0.6) is 0 Å². The number of hydrogen-bond donors (Lipinski definition) is 0. The third-order valence-corrected chi connectivity index (χ3v) is 3.14. The Balaban J connectivity index is 2.42. The van der Waals surface area contributed by atoms with E-state index in [1.165, 1.54) is 6.08 Å². The average Bonchev–Trinajstić information content (AvgIpc) is 2.64. The lowest BCUT2D eigenvalue weighted by Gasteiger charge is -2.26. The van der Waals surface area contributed by atoms with Gasteiger partial charge < -0.3 is 9.64 Å². The Morgan fingerprint density at radius 2 is 1.95 bits per heavy atom. The van der Waals surface area contributed by atoms with Crippen LogP contribution in [0.15, 0.2) is 30.3 Å². The van der Waals surface area contributed by atoms with Crippen LogP contribution in [0.25, 0.3) is 5.57 Å². The summed E-state index contributed by atoms with van der Waals surface area (Å²) in [5.41, 5.74) is 2.03. The summed E-state index contributed by atoms with van der Waals surface area (Å²) in [5.74, 6) is -0.618. The zero-order valence-corrected chi connectivity index (χ0v) is 13.0. The molecule has 21 heavy (non-hydrogen) atoms. The fraction of sp³-hybridized carbons (Fsp3) is 0.412. The minimum absolute atomic E-state index is 0.0256. The number of anilines is 1. The molecule has 0 unspecified atom stereocenters. The second-order valence-electron chi connectivity index (χ2n) is 6.28. The molecule has 1 aliphatic heterocycles. The Morgan fingerprint density at radius 3 is 2.57 bits per heavy atom. The zero-order valence-electron chi connectivity index (χ0n) is 13.0. The smallest absolute Gasteiger partial charge is 0.331 e. The normalized spacial score (nSPS) is 16.3. The lowest BCUT2D eigenvalue weighted by Crippen LogP contribution is -2.34. The molecule has 0 saturated carbocycles. The van der Waals surface area contributed by atoms with E-state index in [9.17, 15) is 9.59 Å². The number of ether oxygens (including phenoxy) is 1. The minimum atomic E-state index is -0.478. The third-order valence-electron chi connectivity index (χ3n) is 3.14. The predicted octanol–water partition coefficient (Wildman–Crippen LogP) is 3.03. The molecular weight excluding hydrogens is 266 g/mol. The van der Waals surface area contributed by atoms with Crippen molar-refractivity contribution in [2.45, 2.75) is 27.7 Å². The Hall–Kier alpha value is -2.10. The number of hydrogen-bond acceptors (Lipinski definition) is 3. The van der Waals surface area contributed by atoms with Crippen LogP contribution in [0.2, 0.25) is 0 Å². The van der Waals surface area contributed by atoms with E-state index >= 15 is 0 Å². The van der Waals surface area contributed by atoms with Crippen molar-refractivity contribution in [1.29, 1.82) is 0 Å². The van der Waals surface area contributed by atoms with Crippen LogP contribution >= 0.6 is 0 Å². The molecule has 1 amide bonds. The minimum Gasteiger partial charge on any atom is -0.463 e. The molecule has 0 bridgehead atoms. The van der Waals surface area contributed by atoms with Gasteiger partial charge in [-0.25, -0.2) is 4.79 Å². The monoisotopic (exact) mass is 287 g/mol. The number of rotatable bonds is 3. The number of para-hydroxylation sites is 1. The number of nitrogens with zero attached hydrogens (tertiary/aromatic N) is 1. The molecule has 1 aromatic carbocycles. The molecule has 0 aliphatic carbocycles. The van der Waals surface area contributed by atoms with Crippen molar-refractivity contribution in [3.63, 3.8) is 0 Å². The highest BCUT2D eigenvalue weighted by Crippen LogP contribution is 2.38. The van der Waals surface area contributed by atoms with Crippen molar-refractivity contribution in [2.24, 2.45) is 5.41 Å². The van der Waals surface area contributed by atoms with Gasteiger partial charge in [0.2, 0.25) is 0 Å². The quantitative estimate of drug-likeness (QED) is 0.634. The van der Waals surface area contributed by atoms with Gasteiger partial charge in [0.1, 0.15) is 0 Å². The second-order valence-corrected chi connectivity index (χ2v) is 6.28. The number of carbonyl (C=O) groups excluding carboxylic acids is 2. The van der Waals surface area contributed by atoms with E-state index in [-0.39, 0.29) is 11.3 Å². The van der Waals surface area contributed by atoms with Crippen molar-refractivity contribution >= 4 is 23.1 Å². The molecule has 0 aromatic heterocycles. The zero-order chi connectivity index (χ0) is 15.6. The fourth-order valence-electron chi connectivity index (χ4n) is 2.38. The van der Waals surface area contributed by atoms with Gasteiger partial charge in [0, 0.05) is 18.2 Å². The molecule has 4 nitrogen and oxygen atoms in total. The number of benzene rings is 1. The van der Waals surface area contributed by atoms with E-state index in [4.69, 9.17) is 4.74 Å². The summed E-state index contributed by atoms with van der Waals surface area (Å²) in [6.45, 7) is 8.88. The van der Waals surface area contributed by atoms with Crippen molar-refractivity contribution in [3.05, 3.63) is 35.9 Å². The van der Waals surface area contributed by atoms with E-state index < -0.39 is 5.97 Å². The van der Waals surface area contributed by atoms with Gasteiger partial charge in [-0.1, -0.05) is 39.0 Å². The maximum absolute atomic E-state index is 12.6. The Labute approximate surface area is 125 Å². The molecule has 112 valence electrons. The molecule has 0 atom stereocenters. The summed E-state index contributed by atoms with van der Waals surface area (Å²) in [5, 5.41) is 0. The largest absolute Gasteiger partial charge is 0.463 e. The number of carbonyl (C=O) groups is 2. The molecule has 0 radical (unpaired) electrons. The second kappa shape index (κ2) is 5.72. The lowest BCUT2D eigenvalue weighted by molar-refractivity contribution is -0.137. The first-order valence-electron chi connectivity index (χ1n) is 7.13. The molecule has 0 spiro atoms. The first kappa shape index (κ1) is 15.3. The summed E-state index contributed by atoms with van der Waals surface area (Å²) in [6, 6.07) is 7.53. The van der Waals surface area contributed by atoms with E-state index in [1.54, 1.807) is 11.8 Å². The van der Waals surface area contributed by atoms with Gasteiger partial charge in [0.25, 0.3) is 5.91 Å². The molecule has 0 N–H and O–H groups in total. The van der Waals surface area contributed by atoms with Crippen LogP contribution in [0.4, 0.5) is 5.69 Å². The van der Waals surface area contributed by atoms with Crippen molar-refractivity contribution in [3.8, 4) is 0 Å². The van der Waals surface area contributed by atoms with E-state index in [1.807, 2.05) is 24.3 Å². The molecule has 2 rings (SSSR count). The van der Waals surface area contributed by atoms with Gasteiger partial charge in [-0.15, -0.1) is 0 Å². The summed E-state index contributed by atoms with van der Waals surface area (Å²) in [6.07, 6.45) is 1.30. The lowest BCUT2D eigenvalue weighted by atomic mass is 9.96. The van der Waals surface area contributed by atoms with E-state index in [2.05, 4.69) is 20.8 Å². The molecular formula is C17H21NO3. The van der Waals surface area contributed by atoms with Gasteiger partial charge in [0.05, 0.1) is 17.9 Å². The number of fused-ring (bicyclic) bond motifs is 1. The van der Waals surface area contributed by atoms with Crippen LogP contribution in [-0.4, -0.2) is 25.0 Å². The van der Waals surface area contributed by atoms with E-state index in [0.717, 1.165) is 11.3 Å². The Bertz CT molecular complexity index is 596. The first-order chi connectivity index (χ1) is 9.83. The number of esters is 1. The summed E-state index contributed by atoms with van der Waals surface area (Å²) in [7, 11) is 0. The van der Waals surface area contributed by atoms with E-state index in [0.29, 0.717) is 18.7 Å². The fourth-order valence-corrected chi connectivity index (χ4v) is 2.38. The van der Waals surface area contributed by atoms with Crippen molar-refractivity contribution < 1.29 is 14.3 Å². The first-order valence-corrected chi connectivity index (χ1v) is 7.13. The highest BCUT2D eigenvalue weighted by molar-refractivity contribution is 6.34. The predicted molar refractivity (Wildman–Crippen MR) is 82.9 cm³/mol.